The molecule has 0 N–H and O–H groups in total. The Morgan fingerprint density at radius 2 is 0.898 bits per heavy atom. The van der Waals surface area contributed by atoms with Gasteiger partial charge in [-0.1, -0.05) is 146 Å². The third kappa shape index (κ3) is 4.37. The van der Waals surface area contributed by atoms with Gasteiger partial charge < -0.3 is 13.7 Å². The third-order valence-electron chi connectivity index (χ3n) is 9.67. The standard InChI is InChI=1S/C46H29NO2/c1-3-13-30(14-4-1)31-25-27-33(28-26-31)47(42-29-40-36-18-9-10-24-43(36)48-45(40)37-19-8-7-17-35(37)42)41-23-12-22-39-38-21-11-20-34(44(38)49-46(39)41)32-15-5-2-6-16-32/h1-29H. The predicted octanol–water partition coefficient (Wildman–Crippen LogP) is 13.4. The van der Waals surface area contributed by atoms with Gasteiger partial charge in [0, 0.05) is 43.6 Å². The lowest BCUT2D eigenvalue weighted by Gasteiger charge is -2.27. The Kier molecular flexibility index (Phi) is 6.18. The van der Waals surface area contributed by atoms with Crippen molar-refractivity contribution in [1.29, 1.82) is 0 Å². The monoisotopic (exact) mass is 627 g/mol. The summed E-state index contributed by atoms with van der Waals surface area (Å²) in [7, 11) is 0. The summed E-state index contributed by atoms with van der Waals surface area (Å²) in [5, 5.41) is 6.52. The molecule has 2 aromatic heterocycles. The van der Waals surface area contributed by atoms with Gasteiger partial charge in [0.2, 0.25) is 0 Å². The van der Waals surface area contributed by atoms with Crippen LogP contribution in [0.1, 0.15) is 0 Å². The molecule has 0 saturated heterocycles. The Hall–Kier alpha value is -6.58. The van der Waals surface area contributed by atoms with Crippen molar-refractivity contribution < 1.29 is 8.83 Å². The molecule has 49 heavy (non-hydrogen) atoms. The summed E-state index contributed by atoms with van der Waals surface area (Å²) in [6.45, 7) is 0. The fraction of sp³-hybridized carbons (Fsp3) is 0. The van der Waals surface area contributed by atoms with Crippen LogP contribution in [-0.2, 0) is 0 Å². The van der Waals surface area contributed by atoms with Gasteiger partial charge >= 0.3 is 0 Å². The van der Waals surface area contributed by atoms with Gasteiger partial charge in [-0.25, -0.2) is 0 Å². The van der Waals surface area contributed by atoms with E-state index in [2.05, 4.69) is 163 Å². The second-order valence-electron chi connectivity index (χ2n) is 12.5. The molecule has 10 aromatic rings. The minimum Gasteiger partial charge on any atom is -0.455 e. The van der Waals surface area contributed by atoms with E-state index in [0.29, 0.717) is 0 Å². The van der Waals surface area contributed by atoms with E-state index in [1.165, 1.54) is 11.1 Å². The summed E-state index contributed by atoms with van der Waals surface area (Å²) in [4.78, 5) is 2.35. The maximum Gasteiger partial charge on any atom is 0.159 e. The first-order chi connectivity index (χ1) is 24.3. The lowest BCUT2D eigenvalue weighted by molar-refractivity contribution is 0.670. The predicted molar refractivity (Wildman–Crippen MR) is 204 cm³/mol. The number of hydrogen-bond donors (Lipinski definition) is 0. The van der Waals surface area contributed by atoms with Crippen LogP contribution in [0.3, 0.4) is 0 Å². The maximum absolute atomic E-state index is 6.98. The summed E-state index contributed by atoms with van der Waals surface area (Å²) in [5.41, 5.74) is 11.1. The lowest BCUT2D eigenvalue weighted by atomic mass is 10.0. The minimum atomic E-state index is 0.842. The molecule has 0 aliphatic carbocycles. The second kappa shape index (κ2) is 11.0. The van der Waals surface area contributed by atoms with Crippen LogP contribution >= 0.6 is 0 Å². The normalized spacial score (nSPS) is 11.7. The molecule has 2 heterocycles. The van der Waals surface area contributed by atoms with Crippen molar-refractivity contribution in [3.8, 4) is 22.3 Å². The Bertz CT molecular complexity index is 2810. The molecule has 230 valence electrons. The molecule has 0 fully saturated rings. The number of para-hydroxylation sites is 3. The Labute approximate surface area is 282 Å². The molecule has 0 bridgehead atoms. The molecule has 0 radical (unpaired) electrons. The van der Waals surface area contributed by atoms with E-state index in [4.69, 9.17) is 8.83 Å². The number of rotatable bonds is 5. The zero-order valence-electron chi connectivity index (χ0n) is 26.5. The van der Waals surface area contributed by atoms with E-state index >= 15 is 0 Å². The number of fused-ring (bicyclic) bond motifs is 8. The maximum atomic E-state index is 6.98. The van der Waals surface area contributed by atoms with E-state index in [1.807, 2.05) is 18.2 Å². The lowest BCUT2D eigenvalue weighted by Crippen LogP contribution is -2.11. The molecule has 0 saturated carbocycles. The number of hydrogen-bond acceptors (Lipinski definition) is 3. The van der Waals surface area contributed by atoms with Gasteiger partial charge in [0.05, 0.1) is 11.4 Å². The molecule has 0 unspecified atom stereocenters. The topological polar surface area (TPSA) is 29.5 Å². The highest BCUT2D eigenvalue weighted by atomic mass is 16.3. The van der Waals surface area contributed by atoms with Gasteiger partial charge in [-0.05, 0) is 47.0 Å². The van der Waals surface area contributed by atoms with Crippen molar-refractivity contribution in [1.82, 2.24) is 0 Å². The van der Waals surface area contributed by atoms with Crippen LogP contribution in [0.5, 0.6) is 0 Å². The Balaban J connectivity index is 1.28. The van der Waals surface area contributed by atoms with Gasteiger partial charge in [-0.2, -0.15) is 0 Å². The van der Waals surface area contributed by atoms with Crippen LogP contribution in [0.4, 0.5) is 17.1 Å². The molecule has 0 spiro atoms. The van der Waals surface area contributed by atoms with Crippen molar-refractivity contribution in [2.75, 3.05) is 4.90 Å². The van der Waals surface area contributed by atoms with Crippen molar-refractivity contribution >= 4 is 71.7 Å². The highest BCUT2D eigenvalue weighted by Crippen LogP contribution is 2.48. The van der Waals surface area contributed by atoms with Gasteiger partial charge in [0.25, 0.3) is 0 Å². The summed E-state index contributed by atoms with van der Waals surface area (Å²) in [6, 6.07) is 61.8. The van der Waals surface area contributed by atoms with Gasteiger partial charge in [-0.3, -0.25) is 0 Å². The summed E-state index contributed by atoms with van der Waals surface area (Å²) in [6.07, 6.45) is 0. The fourth-order valence-electron chi connectivity index (χ4n) is 7.38. The first kappa shape index (κ1) is 27.5. The Morgan fingerprint density at radius 3 is 1.67 bits per heavy atom. The van der Waals surface area contributed by atoms with Crippen LogP contribution < -0.4 is 4.90 Å². The summed E-state index contributed by atoms with van der Waals surface area (Å²) < 4.78 is 13.5. The summed E-state index contributed by atoms with van der Waals surface area (Å²) >= 11 is 0. The average molecular weight is 628 g/mol. The molecule has 0 aliphatic heterocycles. The van der Waals surface area contributed by atoms with Crippen LogP contribution in [-0.4, -0.2) is 0 Å². The highest BCUT2D eigenvalue weighted by molar-refractivity contribution is 6.21. The van der Waals surface area contributed by atoms with Crippen molar-refractivity contribution in [2.24, 2.45) is 0 Å². The van der Waals surface area contributed by atoms with Crippen LogP contribution in [0.25, 0.3) is 76.9 Å². The van der Waals surface area contributed by atoms with Gasteiger partial charge in [0.15, 0.2) is 5.58 Å². The van der Waals surface area contributed by atoms with Gasteiger partial charge in [-0.15, -0.1) is 0 Å². The number of nitrogens with zero attached hydrogens (tertiary/aromatic N) is 1. The third-order valence-corrected chi connectivity index (χ3v) is 9.67. The van der Waals surface area contributed by atoms with E-state index in [-0.39, 0.29) is 0 Å². The average Bonchev–Trinajstić information content (AvgIpc) is 3.75. The first-order valence-corrected chi connectivity index (χ1v) is 16.6. The SMILES string of the molecule is c1ccc(-c2ccc(N(c3cc4c5ccccc5oc4c4ccccc34)c3cccc4c3oc3c(-c5ccccc5)cccc34)cc2)cc1. The quantitative estimate of drug-likeness (QED) is 0.190. The number of benzene rings is 8. The number of anilines is 3. The molecule has 3 nitrogen and oxygen atoms in total. The fourth-order valence-corrected chi connectivity index (χ4v) is 7.38. The molecular weight excluding hydrogens is 599 g/mol. The first-order valence-electron chi connectivity index (χ1n) is 16.6. The van der Waals surface area contributed by atoms with Gasteiger partial charge in [0.1, 0.15) is 16.7 Å². The molecule has 0 aliphatic rings. The second-order valence-corrected chi connectivity index (χ2v) is 12.5. The highest BCUT2D eigenvalue weighted by Gasteiger charge is 2.24. The van der Waals surface area contributed by atoms with E-state index in [9.17, 15) is 0 Å². The number of furan rings is 2. The zero-order valence-corrected chi connectivity index (χ0v) is 26.5. The van der Waals surface area contributed by atoms with E-state index < -0.39 is 0 Å². The van der Waals surface area contributed by atoms with Crippen LogP contribution in [0.15, 0.2) is 185 Å². The van der Waals surface area contributed by atoms with E-state index in [1.54, 1.807) is 0 Å². The Morgan fingerprint density at radius 1 is 0.327 bits per heavy atom. The largest absolute Gasteiger partial charge is 0.455 e. The molecular formula is C46H29NO2. The summed E-state index contributed by atoms with van der Waals surface area (Å²) in [5.74, 6) is 0. The molecule has 0 amide bonds. The van der Waals surface area contributed by atoms with Crippen molar-refractivity contribution in [3.63, 3.8) is 0 Å². The van der Waals surface area contributed by atoms with Crippen LogP contribution in [0, 0.1) is 0 Å². The zero-order chi connectivity index (χ0) is 32.3. The molecule has 10 rings (SSSR count). The van der Waals surface area contributed by atoms with Crippen molar-refractivity contribution in [3.05, 3.63) is 176 Å². The molecule has 8 aromatic carbocycles. The van der Waals surface area contributed by atoms with Crippen LogP contribution in [0.2, 0.25) is 0 Å². The van der Waals surface area contributed by atoms with E-state index in [0.717, 1.165) is 82.8 Å². The molecule has 0 atom stereocenters. The minimum absolute atomic E-state index is 0.842. The van der Waals surface area contributed by atoms with Crippen molar-refractivity contribution in [2.45, 2.75) is 0 Å². The smallest absolute Gasteiger partial charge is 0.159 e. The molecule has 3 heteroatoms.